The largest absolute Gasteiger partial charge is 0.493 e. The summed E-state index contributed by atoms with van der Waals surface area (Å²) in [6, 6.07) is 5.16. The van der Waals surface area contributed by atoms with Crippen LogP contribution in [0, 0.1) is 0 Å². The number of nitrogens with zero attached hydrogens (tertiary/aromatic N) is 5. The maximum absolute atomic E-state index is 13.5. The molecule has 4 rings (SSSR count). The lowest BCUT2D eigenvalue weighted by Crippen LogP contribution is -2.50. The lowest BCUT2D eigenvalue weighted by Gasteiger charge is -2.36. The van der Waals surface area contributed by atoms with Crippen molar-refractivity contribution in [3.8, 4) is 17.1 Å². The van der Waals surface area contributed by atoms with Crippen molar-refractivity contribution in [1.82, 2.24) is 29.0 Å². The Labute approximate surface area is 206 Å². The maximum atomic E-state index is 13.5. The van der Waals surface area contributed by atoms with E-state index in [2.05, 4.69) is 28.9 Å². The Balaban J connectivity index is 1.81. The first kappa shape index (κ1) is 25.3. The minimum atomic E-state index is -3.73. The average molecular weight is 503 g/mol. The second-order valence-corrected chi connectivity index (χ2v) is 11.0. The van der Waals surface area contributed by atoms with E-state index >= 15 is 0 Å². The van der Waals surface area contributed by atoms with Crippen molar-refractivity contribution >= 4 is 21.1 Å². The minimum Gasteiger partial charge on any atom is -0.493 e. The van der Waals surface area contributed by atoms with Gasteiger partial charge in [0.2, 0.25) is 10.0 Å². The molecule has 0 aliphatic carbocycles. The zero-order valence-corrected chi connectivity index (χ0v) is 21.9. The van der Waals surface area contributed by atoms with Crippen LogP contribution in [0.3, 0.4) is 0 Å². The molecule has 1 aromatic carbocycles. The van der Waals surface area contributed by atoms with Crippen LogP contribution in [0.5, 0.6) is 5.75 Å². The molecule has 10 nitrogen and oxygen atoms in total. The zero-order chi connectivity index (χ0) is 25.3. The van der Waals surface area contributed by atoms with Gasteiger partial charge >= 0.3 is 0 Å². The third kappa shape index (κ3) is 4.72. The number of aromatic amines is 1. The fourth-order valence-corrected chi connectivity index (χ4v) is 5.92. The molecule has 0 amide bonds. The van der Waals surface area contributed by atoms with Gasteiger partial charge in [-0.3, -0.25) is 19.4 Å². The lowest BCUT2D eigenvalue weighted by molar-refractivity contribution is 0.154. The first-order valence-electron chi connectivity index (χ1n) is 12.1. The van der Waals surface area contributed by atoms with Crippen LogP contribution in [-0.4, -0.2) is 76.2 Å². The zero-order valence-electron chi connectivity index (χ0n) is 21.0. The molecule has 11 heteroatoms. The summed E-state index contributed by atoms with van der Waals surface area (Å²) in [6.45, 7) is 10.7. The number of fused-ring (bicyclic) bond motifs is 1. The number of benzene rings is 1. The Morgan fingerprint density at radius 2 is 1.86 bits per heavy atom. The fraction of sp³-hybridized carbons (Fsp3) is 0.542. The van der Waals surface area contributed by atoms with Crippen molar-refractivity contribution < 1.29 is 13.2 Å². The number of nitrogens with one attached hydrogen (secondary N) is 1. The number of H-pyrrole nitrogens is 1. The van der Waals surface area contributed by atoms with Crippen molar-refractivity contribution in [2.45, 2.75) is 51.5 Å². The van der Waals surface area contributed by atoms with E-state index in [4.69, 9.17) is 9.72 Å². The van der Waals surface area contributed by atoms with Crippen LogP contribution >= 0.6 is 0 Å². The van der Waals surface area contributed by atoms with Crippen molar-refractivity contribution in [1.29, 1.82) is 0 Å². The molecule has 0 bridgehead atoms. The van der Waals surface area contributed by atoms with Gasteiger partial charge in [-0.2, -0.15) is 9.40 Å². The average Bonchev–Trinajstić information content (AvgIpc) is 3.25. The highest BCUT2D eigenvalue weighted by molar-refractivity contribution is 7.89. The monoisotopic (exact) mass is 502 g/mol. The van der Waals surface area contributed by atoms with Crippen molar-refractivity contribution in [3.05, 3.63) is 34.2 Å². The third-order valence-electron chi connectivity index (χ3n) is 6.49. The van der Waals surface area contributed by atoms with E-state index < -0.39 is 10.0 Å². The summed E-state index contributed by atoms with van der Waals surface area (Å²) in [7, 11) is -2.11. The van der Waals surface area contributed by atoms with Crippen LogP contribution in [0.15, 0.2) is 27.9 Å². The van der Waals surface area contributed by atoms with E-state index in [0.29, 0.717) is 79.1 Å². The molecule has 1 N–H and O–H groups in total. The van der Waals surface area contributed by atoms with E-state index in [1.165, 1.54) is 8.87 Å². The predicted octanol–water partition coefficient (Wildman–Crippen LogP) is 2.39. The lowest BCUT2D eigenvalue weighted by atomic mass is 10.1. The summed E-state index contributed by atoms with van der Waals surface area (Å²) >= 11 is 0. The Bertz CT molecular complexity index is 1370. The summed E-state index contributed by atoms with van der Waals surface area (Å²) in [5.41, 5.74) is 1.74. The molecule has 2 aromatic heterocycles. The maximum Gasteiger partial charge on any atom is 0.279 e. The summed E-state index contributed by atoms with van der Waals surface area (Å²) in [5, 5.41) is 7.09. The van der Waals surface area contributed by atoms with Gasteiger partial charge in [0.25, 0.3) is 5.56 Å². The smallest absolute Gasteiger partial charge is 0.279 e. The molecular weight excluding hydrogens is 468 g/mol. The van der Waals surface area contributed by atoms with Crippen LogP contribution in [0.25, 0.3) is 22.4 Å². The number of aryl methyl sites for hydroxylation is 1. The van der Waals surface area contributed by atoms with Crippen molar-refractivity contribution in [2.75, 3.05) is 32.8 Å². The fourth-order valence-electron chi connectivity index (χ4n) is 4.47. The van der Waals surface area contributed by atoms with Crippen molar-refractivity contribution in [2.24, 2.45) is 7.05 Å². The predicted molar refractivity (Wildman–Crippen MR) is 135 cm³/mol. The van der Waals surface area contributed by atoms with E-state index in [1.807, 2.05) is 13.8 Å². The number of hydrogen-bond acceptors (Lipinski definition) is 7. The Morgan fingerprint density at radius 3 is 2.49 bits per heavy atom. The summed E-state index contributed by atoms with van der Waals surface area (Å²) < 4.78 is 35.8. The molecule has 3 heterocycles. The molecule has 1 fully saturated rings. The van der Waals surface area contributed by atoms with Crippen LogP contribution in [0.2, 0.25) is 0 Å². The molecule has 1 aliphatic rings. The number of rotatable bonds is 8. The number of piperazine rings is 1. The van der Waals surface area contributed by atoms with Crippen LogP contribution in [0.4, 0.5) is 0 Å². The van der Waals surface area contributed by atoms with Gasteiger partial charge in [0.05, 0.1) is 22.8 Å². The molecular formula is C24H34N6O4S. The highest BCUT2D eigenvalue weighted by Gasteiger charge is 2.30. The van der Waals surface area contributed by atoms with E-state index in [0.717, 1.165) is 6.42 Å². The molecule has 1 saturated heterocycles. The molecule has 0 spiro atoms. The first-order valence-corrected chi connectivity index (χ1v) is 13.6. The number of hydrogen-bond donors (Lipinski definition) is 1. The second kappa shape index (κ2) is 10.1. The minimum absolute atomic E-state index is 0.157. The topological polar surface area (TPSA) is 113 Å². The van der Waals surface area contributed by atoms with Gasteiger partial charge in [0.15, 0.2) is 0 Å². The normalized spacial score (nSPS) is 15.8. The Kier molecular flexibility index (Phi) is 7.30. The van der Waals surface area contributed by atoms with Gasteiger partial charge in [-0.15, -0.1) is 0 Å². The first-order chi connectivity index (χ1) is 16.7. The molecule has 190 valence electrons. The summed E-state index contributed by atoms with van der Waals surface area (Å²) in [5.74, 6) is 0.810. The van der Waals surface area contributed by atoms with Gasteiger partial charge in [-0.05, 0) is 45.4 Å². The molecule has 1 aliphatic heterocycles. The second-order valence-electron chi connectivity index (χ2n) is 9.07. The highest BCUT2D eigenvalue weighted by Crippen LogP contribution is 2.33. The van der Waals surface area contributed by atoms with Gasteiger partial charge in [0.1, 0.15) is 22.6 Å². The van der Waals surface area contributed by atoms with Gasteiger partial charge < -0.3 is 4.74 Å². The molecule has 0 radical (unpaired) electrons. The summed E-state index contributed by atoms with van der Waals surface area (Å²) in [6.07, 6.45) is 1.53. The summed E-state index contributed by atoms with van der Waals surface area (Å²) in [4.78, 5) is 20.3. The molecule has 0 unspecified atom stereocenters. The molecule has 0 saturated carbocycles. The number of ether oxygens (including phenoxy) is 1. The Morgan fingerprint density at radius 1 is 1.14 bits per heavy atom. The van der Waals surface area contributed by atoms with Crippen molar-refractivity contribution in [3.63, 3.8) is 0 Å². The quantitative estimate of drug-likeness (QED) is 0.503. The van der Waals surface area contributed by atoms with E-state index in [9.17, 15) is 13.2 Å². The van der Waals surface area contributed by atoms with Crippen LogP contribution in [0.1, 0.15) is 39.8 Å². The van der Waals surface area contributed by atoms with Crippen LogP contribution < -0.4 is 10.3 Å². The van der Waals surface area contributed by atoms with E-state index in [-0.39, 0.29) is 10.5 Å². The number of sulfonamides is 1. The van der Waals surface area contributed by atoms with E-state index in [1.54, 1.807) is 25.2 Å². The number of aromatic nitrogens is 4. The van der Waals surface area contributed by atoms with Gasteiger partial charge in [-0.1, -0.05) is 13.3 Å². The molecule has 0 atom stereocenters. The highest BCUT2D eigenvalue weighted by atomic mass is 32.2. The van der Waals surface area contributed by atoms with Gasteiger partial charge in [-0.25, -0.2) is 13.4 Å². The Hall–Kier alpha value is -2.76. The van der Waals surface area contributed by atoms with Crippen LogP contribution in [-0.2, 0) is 23.5 Å². The molecule has 35 heavy (non-hydrogen) atoms. The van der Waals surface area contributed by atoms with Gasteiger partial charge in [0, 0.05) is 39.3 Å². The third-order valence-corrected chi connectivity index (χ3v) is 8.38. The molecule has 3 aromatic rings. The SMILES string of the molecule is CCCc1n[nH]c2c(=O)n(C)c(-c3cc(S(=O)(=O)N4CCN(C(C)C)CC4)ccc3OCC)nc12. The standard InChI is InChI=1S/C24H34N6O4S/c1-6-8-19-21-22(27-26-19)24(31)28(5)23(25-21)18-15-17(9-10-20(18)34-7-2)35(32,33)30-13-11-29(12-14-30)16(3)4/h9-10,15-16H,6-8,11-14H2,1-5H3,(H,26,27).